The maximum atomic E-state index is 12.5. The third-order valence-corrected chi connectivity index (χ3v) is 3.94. The Kier molecular flexibility index (Phi) is 6.98. The Balaban J connectivity index is 1.57. The molecule has 0 spiro atoms. The molecule has 2 N–H and O–H groups in total. The van der Waals surface area contributed by atoms with E-state index < -0.39 is 0 Å². The second kappa shape index (κ2) is 10.1. The van der Waals surface area contributed by atoms with Crippen molar-refractivity contribution in [2.24, 2.45) is 0 Å². The van der Waals surface area contributed by atoms with Gasteiger partial charge < -0.3 is 20.1 Å². The van der Waals surface area contributed by atoms with Crippen molar-refractivity contribution in [1.82, 2.24) is 4.98 Å². The minimum Gasteiger partial charge on any atom is -0.457 e. The zero-order valence-electron chi connectivity index (χ0n) is 15.7. The standard InChI is InChI=1S/C22H23N3O3/c1-27-15-5-13-23-21-16-17(12-14-24-21)22(26)25-18-8-10-20(11-9-18)28-19-6-3-2-4-7-19/h2-4,6-12,14,16H,5,13,15H2,1H3,(H,23,24)(H,25,26). The van der Waals surface area contributed by atoms with Crippen LogP contribution in [0.1, 0.15) is 16.8 Å². The van der Waals surface area contributed by atoms with Gasteiger partial charge in [0.15, 0.2) is 0 Å². The Labute approximate surface area is 164 Å². The normalized spacial score (nSPS) is 10.3. The molecule has 28 heavy (non-hydrogen) atoms. The van der Waals surface area contributed by atoms with Gasteiger partial charge in [-0.1, -0.05) is 18.2 Å². The Hall–Kier alpha value is -3.38. The number of ether oxygens (including phenoxy) is 2. The number of para-hydroxylation sites is 1. The van der Waals surface area contributed by atoms with Gasteiger partial charge in [0.1, 0.15) is 17.3 Å². The van der Waals surface area contributed by atoms with Crippen molar-refractivity contribution < 1.29 is 14.3 Å². The lowest BCUT2D eigenvalue weighted by molar-refractivity contribution is 0.102. The molecule has 0 aliphatic heterocycles. The van der Waals surface area contributed by atoms with Crippen LogP contribution in [0.25, 0.3) is 0 Å². The summed E-state index contributed by atoms with van der Waals surface area (Å²) in [5.41, 5.74) is 1.23. The van der Waals surface area contributed by atoms with E-state index in [1.54, 1.807) is 37.6 Å². The molecule has 0 aliphatic rings. The summed E-state index contributed by atoms with van der Waals surface area (Å²) in [6.45, 7) is 1.41. The molecule has 6 nitrogen and oxygen atoms in total. The summed E-state index contributed by atoms with van der Waals surface area (Å²) in [6.07, 6.45) is 2.48. The van der Waals surface area contributed by atoms with E-state index in [-0.39, 0.29) is 5.91 Å². The lowest BCUT2D eigenvalue weighted by Gasteiger charge is -2.09. The fourth-order valence-corrected chi connectivity index (χ4v) is 2.54. The molecule has 6 heteroatoms. The van der Waals surface area contributed by atoms with E-state index in [1.807, 2.05) is 42.5 Å². The number of carbonyl (C=O) groups is 1. The second-order valence-corrected chi connectivity index (χ2v) is 6.10. The van der Waals surface area contributed by atoms with Gasteiger partial charge in [0.25, 0.3) is 5.91 Å². The predicted molar refractivity (Wildman–Crippen MR) is 110 cm³/mol. The number of rotatable bonds is 9. The molecule has 144 valence electrons. The van der Waals surface area contributed by atoms with E-state index in [4.69, 9.17) is 9.47 Å². The van der Waals surface area contributed by atoms with Crippen LogP contribution < -0.4 is 15.4 Å². The topological polar surface area (TPSA) is 72.5 Å². The summed E-state index contributed by atoms with van der Waals surface area (Å²) < 4.78 is 10.8. The van der Waals surface area contributed by atoms with Crippen LogP contribution in [0.4, 0.5) is 11.5 Å². The lowest BCUT2D eigenvalue weighted by atomic mass is 10.2. The molecule has 1 amide bonds. The van der Waals surface area contributed by atoms with Crippen LogP contribution in [0.3, 0.4) is 0 Å². The van der Waals surface area contributed by atoms with Gasteiger partial charge in [-0.05, 0) is 55.0 Å². The molecule has 0 aliphatic carbocycles. The van der Waals surface area contributed by atoms with Gasteiger partial charge in [0, 0.05) is 37.7 Å². The maximum Gasteiger partial charge on any atom is 0.255 e. The maximum absolute atomic E-state index is 12.5. The van der Waals surface area contributed by atoms with Gasteiger partial charge in [-0.3, -0.25) is 4.79 Å². The molecule has 0 saturated heterocycles. The molecule has 0 radical (unpaired) electrons. The summed E-state index contributed by atoms with van der Waals surface area (Å²) in [6, 6.07) is 20.2. The average molecular weight is 377 g/mol. The smallest absolute Gasteiger partial charge is 0.255 e. The largest absolute Gasteiger partial charge is 0.457 e. The Morgan fingerprint density at radius 2 is 1.75 bits per heavy atom. The zero-order valence-corrected chi connectivity index (χ0v) is 15.7. The Morgan fingerprint density at radius 1 is 1.00 bits per heavy atom. The highest BCUT2D eigenvalue weighted by molar-refractivity contribution is 6.04. The molecule has 3 rings (SSSR count). The van der Waals surface area contributed by atoms with Gasteiger partial charge in [-0.15, -0.1) is 0 Å². The molecule has 2 aromatic carbocycles. The first-order valence-corrected chi connectivity index (χ1v) is 9.08. The lowest BCUT2D eigenvalue weighted by Crippen LogP contribution is -2.13. The summed E-state index contributed by atoms with van der Waals surface area (Å²) >= 11 is 0. The molecule has 1 heterocycles. The number of nitrogens with one attached hydrogen (secondary N) is 2. The average Bonchev–Trinajstić information content (AvgIpc) is 2.74. The summed E-state index contributed by atoms with van der Waals surface area (Å²) in [5.74, 6) is 1.94. The number of amides is 1. The number of anilines is 2. The highest BCUT2D eigenvalue weighted by Gasteiger charge is 2.08. The molecule has 0 saturated carbocycles. The van der Waals surface area contributed by atoms with E-state index >= 15 is 0 Å². The number of carbonyl (C=O) groups excluding carboxylic acids is 1. The van der Waals surface area contributed by atoms with E-state index in [1.165, 1.54) is 0 Å². The van der Waals surface area contributed by atoms with Crippen molar-refractivity contribution in [3.05, 3.63) is 78.5 Å². The van der Waals surface area contributed by atoms with Crippen LogP contribution in [0.2, 0.25) is 0 Å². The molecule has 0 atom stereocenters. The van der Waals surface area contributed by atoms with Crippen molar-refractivity contribution in [1.29, 1.82) is 0 Å². The van der Waals surface area contributed by atoms with Crippen molar-refractivity contribution >= 4 is 17.4 Å². The van der Waals surface area contributed by atoms with Crippen LogP contribution in [0.15, 0.2) is 72.9 Å². The van der Waals surface area contributed by atoms with Gasteiger partial charge in [0.2, 0.25) is 0 Å². The highest BCUT2D eigenvalue weighted by Crippen LogP contribution is 2.23. The number of aromatic nitrogens is 1. The number of pyridine rings is 1. The highest BCUT2D eigenvalue weighted by atomic mass is 16.5. The quantitative estimate of drug-likeness (QED) is 0.534. The van der Waals surface area contributed by atoms with Crippen LogP contribution in [0.5, 0.6) is 11.5 Å². The molecule has 0 bridgehead atoms. The van der Waals surface area contributed by atoms with Crippen molar-refractivity contribution in [3.8, 4) is 11.5 Å². The fraction of sp³-hybridized carbons (Fsp3) is 0.182. The number of methoxy groups -OCH3 is 1. The minimum absolute atomic E-state index is 0.195. The summed E-state index contributed by atoms with van der Waals surface area (Å²) in [5, 5.41) is 6.06. The molecule has 1 aromatic heterocycles. The minimum atomic E-state index is -0.195. The van der Waals surface area contributed by atoms with Crippen LogP contribution in [-0.4, -0.2) is 31.2 Å². The number of benzene rings is 2. The van der Waals surface area contributed by atoms with Gasteiger partial charge >= 0.3 is 0 Å². The number of hydrogen-bond acceptors (Lipinski definition) is 5. The monoisotopic (exact) mass is 377 g/mol. The van der Waals surface area contributed by atoms with Gasteiger partial charge in [-0.2, -0.15) is 0 Å². The molecule has 0 unspecified atom stereocenters. The van der Waals surface area contributed by atoms with E-state index in [9.17, 15) is 4.79 Å². The number of nitrogens with zero attached hydrogens (tertiary/aromatic N) is 1. The predicted octanol–water partition coefficient (Wildman–Crippen LogP) is 4.57. The Morgan fingerprint density at radius 3 is 2.50 bits per heavy atom. The second-order valence-electron chi connectivity index (χ2n) is 6.10. The van der Waals surface area contributed by atoms with Crippen molar-refractivity contribution in [3.63, 3.8) is 0 Å². The van der Waals surface area contributed by atoms with Crippen molar-refractivity contribution in [2.45, 2.75) is 6.42 Å². The molecular formula is C22H23N3O3. The number of hydrogen-bond donors (Lipinski definition) is 2. The summed E-state index contributed by atoms with van der Waals surface area (Å²) in [4.78, 5) is 16.7. The Bertz CT molecular complexity index is 883. The zero-order chi connectivity index (χ0) is 19.6. The van der Waals surface area contributed by atoms with Crippen LogP contribution in [-0.2, 0) is 4.74 Å². The van der Waals surface area contributed by atoms with Gasteiger partial charge in [0.05, 0.1) is 0 Å². The van der Waals surface area contributed by atoms with Crippen LogP contribution in [0, 0.1) is 0 Å². The van der Waals surface area contributed by atoms with E-state index in [0.29, 0.717) is 29.4 Å². The van der Waals surface area contributed by atoms with E-state index in [0.717, 1.165) is 18.7 Å². The third-order valence-electron chi connectivity index (χ3n) is 3.94. The SMILES string of the molecule is COCCCNc1cc(C(=O)Nc2ccc(Oc3ccccc3)cc2)ccn1. The van der Waals surface area contributed by atoms with Crippen molar-refractivity contribution in [2.75, 3.05) is 30.9 Å². The molecule has 3 aromatic rings. The fourth-order valence-electron chi connectivity index (χ4n) is 2.54. The first kappa shape index (κ1) is 19.4. The van der Waals surface area contributed by atoms with E-state index in [2.05, 4.69) is 15.6 Å². The molecule has 0 fully saturated rings. The van der Waals surface area contributed by atoms with Gasteiger partial charge in [-0.25, -0.2) is 4.98 Å². The summed E-state index contributed by atoms with van der Waals surface area (Å²) in [7, 11) is 1.67. The molecular weight excluding hydrogens is 354 g/mol. The third kappa shape index (κ3) is 5.82. The first-order valence-electron chi connectivity index (χ1n) is 9.08. The first-order chi connectivity index (χ1) is 13.7. The van der Waals surface area contributed by atoms with Crippen LogP contribution >= 0.6 is 0 Å².